The fourth-order valence-corrected chi connectivity index (χ4v) is 2.17. The van der Waals surface area contributed by atoms with Gasteiger partial charge in [-0.05, 0) is 12.5 Å². The number of carboxylic acid groups (broad SMARTS) is 1. The SMILES string of the molecule is CC(C(=O)O)N1OCC[C@H](NC(=O)Cc2ccccc2)C1=O. The van der Waals surface area contributed by atoms with E-state index < -0.39 is 24.0 Å². The topological polar surface area (TPSA) is 95.9 Å². The van der Waals surface area contributed by atoms with Gasteiger partial charge in [0.25, 0.3) is 5.91 Å². The summed E-state index contributed by atoms with van der Waals surface area (Å²) in [4.78, 5) is 40.2. The van der Waals surface area contributed by atoms with Crippen LogP contribution in [0, 0.1) is 0 Å². The summed E-state index contributed by atoms with van der Waals surface area (Å²) in [6.07, 6.45) is 0.488. The molecule has 0 radical (unpaired) electrons. The number of nitrogens with one attached hydrogen (secondary N) is 1. The van der Waals surface area contributed by atoms with E-state index in [1.165, 1.54) is 6.92 Å². The number of carbonyl (C=O) groups is 3. The van der Waals surface area contributed by atoms with Crippen LogP contribution >= 0.6 is 0 Å². The molecule has 7 nitrogen and oxygen atoms in total. The van der Waals surface area contributed by atoms with Gasteiger partial charge >= 0.3 is 5.97 Å². The second-order valence-corrected chi connectivity index (χ2v) is 5.08. The van der Waals surface area contributed by atoms with E-state index in [1.54, 1.807) is 0 Å². The van der Waals surface area contributed by atoms with Crippen LogP contribution in [0.25, 0.3) is 0 Å². The van der Waals surface area contributed by atoms with E-state index in [9.17, 15) is 14.4 Å². The summed E-state index contributed by atoms with van der Waals surface area (Å²) in [6, 6.07) is 7.31. The van der Waals surface area contributed by atoms with E-state index in [2.05, 4.69) is 5.32 Å². The van der Waals surface area contributed by atoms with Crippen molar-refractivity contribution in [2.75, 3.05) is 6.61 Å². The lowest BCUT2D eigenvalue weighted by atomic mass is 10.1. The minimum atomic E-state index is -1.16. The van der Waals surface area contributed by atoms with Gasteiger partial charge in [-0.3, -0.25) is 14.4 Å². The van der Waals surface area contributed by atoms with Crippen molar-refractivity contribution < 1.29 is 24.3 Å². The first-order valence-corrected chi connectivity index (χ1v) is 7.01. The average Bonchev–Trinajstić information content (AvgIpc) is 2.49. The monoisotopic (exact) mass is 306 g/mol. The Labute approximate surface area is 127 Å². The summed E-state index contributed by atoms with van der Waals surface area (Å²) in [7, 11) is 0. The van der Waals surface area contributed by atoms with Gasteiger partial charge in [0.2, 0.25) is 5.91 Å². The first-order valence-electron chi connectivity index (χ1n) is 7.01. The smallest absolute Gasteiger partial charge is 0.328 e. The molecule has 2 N–H and O–H groups in total. The Morgan fingerprint density at radius 2 is 2.09 bits per heavy atom. The van der Waals surface area contributed by atoms with E-state index >= 15 is 0 Å². The molecule has 1 fully saturated rings. The second kappa shape index (κ2) is 7.04. The Morgan fingerprint density at radius 1 is 1.41 bits per heavy atom. The Balaban J connectivity index is 1.95. The molecule has 0 bridgehead atoms. The van der Waals surface area contributed by atoms with Crippen molar-refractivity contribution in [2.24, 2.45) is 0 Å². The van der Waals surface area contributed by atoms with Crippen molar-refractivity contribution in [1.29, 1.82) is 0 Å². The van der Waals surface area contributed by atoms with E-state index in [4.69, 9.17) is 9.94 Å². The van der Waals surface area contributed by atoms with Crippen LogP contribution in [-0.2, 0) is 25.6 Å². The molecule has 0 aromatic heterocycles. The first kappa shape index (κ1) is 16.0. The van der Waals surface area contributed by atoms with Gasteiger partial charge in [-0.15, -0.1) is 0 Å². The highest BCUT2D eigenvalue weighted by atomic mass is 16.7. The molecule has 1 heterocycles. The largest absolute Gasteiger partial charge is 0.480 e. The molecule has 1 aromatic rings. The van der Waals surface area contributed by atoms with Crippen molar-refractivity contribution in [2.45, 2.75) is 31.8 Å². The van der Waals surface area contributed by atoms with Gasteiger partial charge in [0.05, 0.1) is 13.0 Å². The minimum absolute atomic E-state index is 0.167. The van der Waals surface area contributed by atoms with E-state index in [0.717, 1.165) is 10.6 Å². The average molecular weight is 306 g/mol. The summed E-state index contributed by atoms with van der Waals surface area (Å²) < 4.78 is 0. The number of benzene rings is 1. The van der Waals surface area contributed by atoms with E-state index in [1.807, 2.05) is 30.3 Å². The van der Waals surface area contributed by atoms with Gasteiger partial charge in [0.15, 0.2) is 6.04 Å². The maximum Gasteiger partial charge on any atom is 0.328 e. The lowest BCUT2D eigenvalue weighted by Crippen LogP contribution is -2.56. The van der Waals surface area contributed by atoms with Gasteiger partial charge in [-0.1, -0.05) is 30.3 Å². The zero-order valence-electron chi connectivity index (χ0n) is 12.2. The number of hydrogen-bond donors (Lipinski definition) is 2. The molecule has 1 saturated heterocycles. The molecule has 2 atom stereocenters. The molecule has 1 aromatic carbocycles. The van der Waals surface area contributed by atoms with Crippen molar-refractivity contribution in [3.63, 3.8) is 0 Å². The predicted molar refractivity (Wildman–Crippen MR) is 76.6 cm³/mol. The molecule has 22 heavy (non-hydrogen) atoms. The number of hydrogen-bond acceptors (Lipinski definition) is 4. The number of nitrogens with zero attached hydrogens (tertiary/aromatic N) is 1. The second-order valence-electron chi connectivity index (χ2n) is 5.08. The molecule has 1 aliphatic heterocycles. The third kappa shape index (κ3) is 3.82. The van der Waals surface area contributed by atoms with Crippen molar-refractivity contribution >= 4 is 17.8 Å². The zero-order valence-corrected chi connectivity index (χ0v) is 12.2. The highest BCUT2D eigenvalue weighted by molar-refractivity contribution is 5.90. The number of carbonyl (C=O) groups excluding carboxylic acids is 2. The fraction of sp³-hybridized carbons (Fsp3) is 0.400. The Morgan fingerprint density at radius 3 is 2.73 bits per heavy atom. The van der Waals surface area contributed by atoms with Gasteiger partial charge in [-0.2, -0.15) is 0 Å². The zero-order chi connectivity index (χ0) is 16.1. The Bertz CT molecular complexity index is 560. The third-order valence-electron chi connectivity index (χ3n) is 3.40. The minimum Gasteiger partial charge on any atom is -0.480 e. The summed E-state index contributed by atoms with van der Waals surface area (Å²) in [5.74, 6) is -1.98. The summed E-state index contributed by atoms with van der Waals surface area (Å²) in [5, 5.41) is 12.4. The third-order valence-corrected chi connectivity index (χ3v) is 3.40. The van der Waals surface area contributed by atoms with Crippen molar-refractivity contribution in [1.82, 2.24) is 10.4 Å². The number of hydroxylamine groups is 2. The fourth-order valence-electron chi connectivity index (χ4n) is 2.17. The van der Waals surface area contributed by atoms with Crippen LogP contribution in [-0.4, -0.2) is 46.6 Å². The molecule has 7 heteroatoms. The molecule has 0 aliphatic carbocycles. The van der Waals surface area contributed by atoms with Gasteiger partial charge in [-0.25, -0.2) is 9.86 Å². The van der Waals surface area contributed by atoms with Crippen molar-refractivity contribution in [3.8, 4) is 0 Å². The Hall–Kier alpha value is -2.41. The number of rotatable bonds is 5. The first-order chi connectivity index (χ1) is 10.5. The molecule has 1 unspecified atom stereocenters. The molecule has 0 saturated carbocycles. The maximum atomic E-state index is 12.2. The highest BCUT2D eigenvalue weighted by Gasteiger charge is 2.36. The van der Waals surface area contributed by atoms with Crippen LogP contribution in [0.4, 0.5) is 0 Å². The maximum absolute atomic E-state index is 12.2. The standard InChI is InChI=1S/C15H18N2O5/c1-10(15(20)21)17-14(19)12(7-8-22-17)16-13(18)9-11-5-3-2-4-6-11/h2-6,10,12H,7-9H2,1H3,(H,16,18)(H,20,21)/t10?,12-/m0/s1. The van der Waals surface area contributed by atoms with Crippen LogP contribution in [0.1, 0.15) is 18.9 Å². The van der Waals surface area contributed by atoms with Crippen LogP contribution in [0.15, 0.2) is 30.3 Å². The van der Waals surface area contributed by atoms with Crippen molar-refractivity contribution in [3.05, 3.63) is 35.9 Å². The van der Waals surface area contributed by atoms with Gasteiger partial charge < -0.3 is 10.4 Å². The molecule has 0 spiro atoms. The number of carboxylic acids is 1. The van der Waals surface area contributed by atoms with Gasteiger partial charge in [0.1, 0.15) is 6.04 Å². The highest BCUT2D eigenvalue weighted by Crippen LogP contribution is 2.13. The van der Waals surface area contributed by atoms with Crippen LogP contribution in [0.3, 0.4) is 0 Å². The Kier molecular flexibility index (Phi) is 5.11. The normalized spacial score (nSPS) is 19.6. The molecular weight excluding hydrogens is 288 g/mol. The molecular formula is C15H18N2O5. The van der Waals surface area contributed by atoms with E-state index in [-0.39, 0.29) is 18.9 Å². The molecule has 2 rings (SSSR count). The van der Waals surface area contributed by atoms with Gasteiger partial charge in [0, 0.05) is 6.42 Å². The van der Waals surface area contributed by atoms with Crippen LogP contribution < -0.4 is 5.32 Å². The predicted octanol–water partition coefficient (Wildman–Crippen LogP) is 0.351. The summed E-state index contributed by atoms with van der Waals surface area (Å²) in [5.41, 5.74) is 0.843. The van der Waals surface area contributed by atoms with Crippen LogP contribution in [0.5, 0.6) is 0 Å². The van der Waals surface area contributed by atoms with E-state index in [0.29, 0.717) is 6.42 Å². The molecule has 118 valence electrons. The quantitative estimate of drug-likeness (QED) is 0.818. The number of aliphatic carboxylic acids is 1. The molecule has 2 amide bonds. The number of amides is 2. The summed E-state index contributed by atoms with van der Waals surface area (Å²) >= 11 is 0. The summed E-state index contributed by atoms with van der Waals surface area (Å²) in [6.45, 7) is 1.54. The van der Waals surface area contributed by atoms with Crippen LogP contribution in [0.2, 0.25) is 0 Å². The molecule has 1 aliphatic rings. The lowest BCUT2D eigenvalue weighted by Gasteiger charge is -2.33. The lowest BCUT2D eigenvalue weighted by molar-refractivity contribution is -0.218.